The highest BCUT2D eigenvalue weighted by atomic mass is 17.5. The van der Waals surface area contributed by atoms with Gasteiger partial charge in [-0.05, 0) is 38.0 Å². The second-order valence-electron chi connectivity index (χ2n) is 8.96. The Morgan fingerprint density at radius 1 is 0.929 bits per heavy atom. The van der Waals surface area contributed by atoms with Crippen molar-refractivity contribution in [3.05, 3.63) is 0 Å². The molecular weight excluding hydrogens is 356 g/mol. The van der Waals surface area contributed by atoms with Gasteiger partial charge >= 0.3 is 12.1 Å². The molecule has 1 fully saturated rings. The maximum atomic E-state index is 12.7. The zero-order chi connectivity index (χ0) is 21.2. The molecule has 1 aliphatic rings. The van der Waals surface area contributed by atoms with E-state index in [9.17, 15) is 4.79 Å². The smallest absolute Gasteiger partial charge is 0.430 e. The summed E-state index contributed by atoms with van der Waals surface area (Å²) in [6.45, 7) is 15.1. The van der Waals surface area contributed by atoms with Crippen LogP contribution in [0.4, 0.5) is 4.79 Å². The molecule has 5 nitrogen and oxygen atoms in total. The fourth-order valence-electron chi connectivity index (χ4n) is 4.34. The third-order valence-electron chi connectivity index (χ3n) is 6.14. The van der Waals surface area contributed by atoms with Crippen LogP contribution in [0.15, 0.2) is 0 Å². The number of carbonyl (C=O) groups is 1. The van der Waals surface area contributed by atoms with E-state index in [0.717, 1.165) is 64.2 Å². The maximum absolute atomic E-state index is 12.7. The monoisotopic (exact) mass is 400 g/mol. The number of hydrogen-bond donors (Lipinski definition) is 0. The standard InChI is InChI=1S/C23H44O5/c1-8-13-15-18(11-4)20(22(6,7)17-10-3)25-21(24)26-23(27-28-23)19(12-5)16-14-9-2/h18-20H,8-17H2,1-7H3. The maximum Gasteiger partial charge on any atom is 0.513 e. The van der Waals surface area contributed by atoms with Gasteiger partial charge in [0.25, 0.3) is 0 Å². The van der Waals surface area contributed by atoms with Crippen molar-refractivity contribution in [3.8, 4) is 0 Å². The van der Waals surface area contributed by atoms with E-state index in [0.29, 0.717) is 5.92 Å². The van der Waals surface area contributed by atoms with Gasteiger partial charge in [-0.15, -0.1) is 0 Å². The van der Waals surface area contributed by atoms with Gasteiger partial charge in [-0.25, -0.2) is 4.79 Å². The first kappa shape index (κ1) is 25.2. The summed E-state index contributed by atoms with van der Waals surface area (Å²) in [5.41, 5.74) is -0.104. The second-order valence-corrected chi connectivity index (χ2v) is 8.96. The Labute approximate surface area is 172 Å². The number of hydrogen-bond acceptors (Lipinski definition) is 5. The molecule has 0 amide bonds. The first-order valence-corrected chi connectivity index (χ1v) is 11.6. The highest BCUT2D eigenvalue weighted by Gasteiger charge is 2.60. The summed E-state index contributed by atoms with van der Waals surface area (Å²) >= 11 is 0. The van der Waals surface area contributed by atoms with Crippen LogP contribution in [0.3, 0.4) is 0 Å². The van der Waals surface area contributed by atoms with Crippen molar-refractivity contribution in [1.29, 1.82) is 0 Å². The lowest BCUT2D eigenvalue weighted by molar-refractivity contribution is -0.114. The molecule has 0 aromatic heterocycles. The summed E-state index contributed by atoms with van der Waals surface area (Å²) in [6, 6.07) is 0. The van der Waals surface area contributed by atoms with Crippen LogP contribution in [0, 0.1) is 17.3 Å². The molecule has 3 unspecified atom stereocenters. The van der Waals surface area contributed by atoms with E-state index >= 15 is 0 Å². The van der Waals surface area contributed by atoms with Gasteiger partial charge in [-0.2, -0.15) is 9.78 Å². The van der Waals surface area contributed by atoms with Gasteiger partial charge in [0.2, 0.25) is 0 Å². The van der Waals surface area contributed by atoms with Gasteiger partial charge in [0.1, 0.15) is 6.10 Å². The van der Waals surface area contributed by atoms with E-state index in [1.807, 2.05) is 0 Å². The van der Waals surface area contributed by atoms with Gasteiger partial charge in [-0.1, -0.05) is 80.6 Å². The zero-order valence-corrected chi connectivity index (χ0v) is 19.3. The molecule has 0 aliphatic carbocycles. The van der Waals surface area contributed by atoms with Gasteiger partial charge in [0, 0.05) is 5.41 Å². The van der Waals surface area contributed by atoms with Crippen LogP contribution in [0.5, 0.6) is 0 Å². The third kappa shape index (κ3) is 7.22. The zero-order valence-electron chi connectivity index (χ0n) is 19.3. The summed E-state index contributed by atoms with van der Waals surface area (Å²) in [5, 5.41) is 0. The van der Waals surface area contributed by atoms with E-state index in [1.165, 1.54) is 0 Å². The van der Waals surface area contributed by atoms with E-state index in [-0.39, 0.29) is 17.4 Å². The normalized spacial score (nSPS) is 19.0. The molecule has 28 heavy (non-hydrogen) atoms. The molecule has 0 spiro atoms. The highest BCUT2D eigenvalue weighted by Crippen LogP contribution is 2.44. The number of ether oxygens (including phenoxy) is 2. The minimum absolute atomic E-state index is 0.0316. The van der Waals surface area contributed by atoms with Crippen LogP contribution in [-0.2, 0) is 19.2 Å². The van der Waals surface area contributed by atoms with E-state index in [2.05, 4.69) is 48.5 Å². The van der Waals surface area contributed by atoms with Crippen molar-refractivity contribution in [2.45, 2.75) is 125 Å². The molecule has 1 heterocycles. The van der Waals surface area contributed by atoms with Gasteiger partial charge in [-0.3, -0.25) is 0 Å². The number of unbranched alkanes of at least 4 members (excludes halogenated alkanes) is 2. The molecule has 0 saturated carbocycles. The molecule has 166 valence electrons. The summed E-state index contributed by atoms with van der Waals surface area (Å²) in [6.07, 6.45) is 9.39. The van der Waals surface area contributed by atoms with Crippen molar-refractivity contribution >= 4 is 6.16 Å². The van der Waals surface area contributed by atoms with Gasteiger partial charge < -0.3 is 9.47 Å². The van der Waals surface area contributed by atoms with Crippen LogP contribution >= 0.6 is 0 Å². The molecule has 0 bridgehead atoms. The lowest BCUT2D eigenvalue weighted by Gasteiger charge is -2.38. The summed E-state index contributed by atoms with van der Waals surface area (Å²) in [7, 11) is 0. The lowest BCUT2D eigenvalue weighted by atomic mass is 9.74. The highest BCUT2D eigenvalue weighted by molar-refractivity contribution is 5.60. The molecule has 1 saturated heterocycles. The molecule has 0 N–H and O–H groups in total. The first-order chi connectivity index (χ1) is 13.3. The Bertz CT molecular complexity index is 444. The SMILES string of the molecule is CCCCC(CC)C(OC(=O)OC1(C(CC)CCCC)OO1)C(C)(C)CCC. The fourth-order valence-corrected chi connectivity index (χ4v) is 4.34. The van der Waals surface area contributed by atoms with Crippen molar-refractivity contribution < 1.29 is 24.0 Å². The average molecular weight is 401 g/mol. The first-order valence-electron chi connectivity index (χ1n) is 11.6. The predicted octanol–water partition coefficient (Wildman–Crippen LogP) is 7.38. The number of carbonyl (C=O) groups excluding carboxylic acids is 1. The lowest BCUT2D eigenvalue weighted by Crippen LogP contribution is -2.41. The van der Waals surface area contributed by atoms with Crippen molar-refractivity contribution in [2.24, 2.45) is 17.3 Å². The van der Waals surface area contributed by atoms with Crippen LogP contribution in [0.2, 0.25) is 0 Å². The minimum Gasteiger partial charge on any atom is -0.430 e. The van der Waals surface area contributed by atoms with Crippen LogP contribution in [-0.4, -0.2) is 18.2 Å². The topological polar surface area (TPSA) is 60.6 Å². The molecule has 5 heteroatoms. The molecule has 1 aliphatic heterocycles. The van der Waals surface area contributed by atoms with Crippen molar-refractivity contribution in [3.63, 3.8) is 0 Å². The summed E-state index contributed by atoms with van der Waals surface area (Å²) in [5.74, 6) is -0.886. The predicted molar refractivity (Wildman–Crippen MR) is 112 cm³/mol. The Morgan fingerprint density at radius 2 is 1.54 bits per heavy atom. The minimum atomic E-state index is -1.24. The number of rotatable bonds is 15. The van der Waals surface area contributed by atoms with Crippen LogP contribution in [0.1, 0.15) is 113 Å². The quantitative estimate of drug-likeness (QED) is 0.163. The van der Waals surface area contributed by atoms with E-state index in [4.69, 9.17) is 19.2 Å². The van der Waals surface area contributed by atoms with Gasteiger partial charge in [0.15, 0.2) is 0 Å². The molecule has 0 aromatic carbocycles. The van der Waals surface area contributed by atoms with Gasteiger partial charge in [0.05, 0.1) is 5.92 Å². The largest absolute Gasteiger partial charge is 0.513 e. The second kappa shape index (κ2) is 12.0. The molecule has 0 radical (unpaired) electrons. The molecule has 3 atom stereocenters. The van der Waals surface area contributed by atoms with Crippen LogP contribution in [0.25, 0.3) is 0 Å². The Hall–Kier alpha value is -0.810. The molecule has 1 rings (SSSR count). The molecular formula is C23H44O5. The Morgan fingerprint density at radius 3 is 2.00 bits per heavy atom. The average Bonchev–Trinajstić information content (AvgIpc) is 3.42. The third-order valence-corrected chi connectivity index (χ3v) is 6.14. The van der Waals surface area contributed by atoms with Crippen molar-refractivity contribution in [2.75, 3.05) is 0 Å². The summed E-state index contributed by atoms with van der Waals surface area (Å²) < 4.78 is 11.6. The summed E-state index contributed by atoms with van der Waals surface area (Å²) in [4.78, 5) is 23.1. The van der Waals surface area contributed by atoms with Crippen LogP contribution < -0.4 is 0 Å². The fraction of sp³-hybridized carbons (Fsp3) is 0.957. The van der Waals surface area contributed by atoms with E-state index < -0.39 is 12.1 Å². The Balaban J connectivity index is 2.85. The van der Waals surface area contributed by atoms with Crippen molar-refractivity contribution in [1.82, 2.24) is 0 Å². The molecule has 0 aromatic rings. The Kier molecular flexibility index (Phi) is 10.8. The van der Waals surface area contributed by atoms with E-state index in [1.54, 1.807) is 0 Å².